The first-order chi connectivity index (χ1) is 8.70. The third kappa shape index (κ3) is 5.31. The number of rotatable bonds is 5. The summed E-state index contributed by atoms with van der Waals surface area (Å²) in [6.45, 7) is 15.3. The lowest BCUT2D eigenvalue weighted by Crippen LogP contribution is -2.19. The number of hydrogen-bond donors (Lipinski definition) is 0. The lowest BCUT2D eigenvalue weighted by atomic mass is 9.92. The molecule has 1 rings (SSSR count). The summed E-state index contributed by atoms with van der Waals surface area (Å²) in [6, 6.07) is 0. The Morgan fingerprint density at radius 1 is 1.37 bits per heavy atom. The van der Waals surface area contributed by atoms with Gasteiger partial charge in [-0.25, -0.2) is 0 Å². The average molecular weight is 276 g/mol. The van der Waals surface area contributed by atoms with Crippen molar-refractivity contribution in [2.45, 2.75) is 59.2 Å². The van der Waals surface area contributed by atoms with E-state index in [9.17, 15) is 4.79 Å². The normalized spacial score (nSPS) is 21.8. The molecule has 0 spiro atoms. The van der Waals surface area contributed by atoms with E-state index in [1.165, 1.54) is 11.1 Å². The van der Waals surface area contributed by atoms with Crippen LogP contribution < -0.4 is 0 Å². The van der Waals surface area contributed by atoms with Crippen LogP contribution in [-0.4, -0.2) is 13.9 Å². The first-order valence-corrected chi connectivity index (χ1v) is 10.9. The van der Waals surface area contributed by atoms with Crippen molar-refractivity contribution < 1.29 is 4.79 Å². The Kier molecular flexibility index (Phi) is 5.54. The molecule has 0 aromatic heterocycles. The van der Waals surface area contributed by atoms with Crippen LogP contribution in [0.3, 0.4) is 0 Å². The number of hydrogen-bond acceptors (Lipinski definition) is 1. The molecule has 1 unspecified atom stereocenters. The molecule has 1 atom stereocenters. The maximum Gasteiger partial charge on any atom is 0.158 e. The summed E-state index contributed by atoms with van der Waals surface area (Å²) >= 11 is 0. The van der Waals surface area contributed by atoms with Crippen molar-refractivity contribution in [3.05, 3.63) is 35.1 Å². The van der Waals surface area contributed by atoms with Crippen molar-refractivity contribution in [2.75, 3.05) is 0 Å². The fraction of sp³-hybridized carbons (Fsp3) is 0.588. The van der Waals surface area contributed by atoms with Crippen molar-refractivity contribution in [3.8, 4) is 0 Å². The van der Waals surface area contributed by atoms with Gasteiger partial charge in [-0.2, -0.15) is 0 Å². The van der Waals surface area contributed by atoms with E-state index in [1.54, 1.807) is 0 Å². The van der Waals surface area contributed by atoms with Crippen molar-refractivity contribution in [2.24, 2.45) is 5.92 Å². The number of carbonyl (C=O) groups is 1. The number of Topliss-reactive ketones (excluding diaryl/α,β-unsaturated/α-hetero) is 1. The molecule has 0 saturated heterocycles. The van der Waals surface area contributed by atoms with Gasteiger partial charge >= 0.3 is 0 Å². The standard InChI is InChI=1S/C17H28OSi/c1-13(2)8-7-9-14(3)15-10-11-17(18)16(15)12-19(4,5)6/h8,12,15H,3,7,9-11H2,1-2,4-6H3/b16-12-. The van der Waals surface area contributed by atoms with Gasteiger partial charge in [-0.05, 0) is 38.7 Å². The van der Waals surface area contributed by atoms with Gasteiger partial charge in [0.15, 0.2) is 5.78 Å². The molecule has 1 saturated carbocycles. The Labute approximate surface area is 119 Å². The van der Waals surface area contributed by atoms with E-state index in [2.05, 4.69) is 51.8 Å². The Morgan fingerprint density at radius 3 is 2.53 bits per heavy atom. The monoisotopic (exact) mass is 276 g/mol. The Hall–Kier alpha value is -0.893. The largest absolute Gasteiger partial charge is 0.295 e. The quantitative estimate of drug-likeness (QED) is 0.389. The Morgan fingerprint density at radius 2 is 2.00 bits per heavy atom. The van der Waals surface area contributed by atoms with Crippen LogP contribution in [0, 0.1) is 5.92 Å². The van der Waals surface area contributed by atoms with Crippen LogP contribution in [0.1, 0.15) is 39.5 Å². The molecule has 0 bridgehead atoms. The number of carbonyl (C=O) groups excluding carboxylic acids is 1. The van der Waals surface area contributed by atoms with E-state index in [1.807, 2.05) is 0 Å². The Balaban J connectivity index is 2.76. The molecule has 0 aliphatic heterocycles. The van der Waals surface area contributed by atoms with Crippen molar-refractivity contribution in [1.29, 1.82) is 0 Å². The van der Waals surface area contributed by atoms with E-state index >= 15 is 0 Å². The predicted octanol–water partition coefficient (Wildman–Crippen LogP) is 5.07. The van der Waals surface area contributed by atoms with Gasteiger partial charge in [0.1, 0.15) is 0 Å². The minimum Gasteiger partial charge on any atom is -0.295 e. The maximum absolute atomic E-state index is 12.0. The molecule has 0 radical (unpaired) electrons. The molecule has 0 amide bonds. The van der Waals surface area contributed by atoms with Crippen LogP contribution in [0.4, 0.5) is 0 Å². The zero-order valence-corrected chi connectivity index (χ0v) is 14.2. The molecule has 1 aliphatic carbocycles. The summed E-state index contributed by atoms with van der Waals surface area (Å²) in [5.41, 5.74) is 5.96. The number of ketones is 1. The number of allylic oxidation sites excluding steroid dienone is 4. The minimum absolute atomic E-state index is 0.324. The Bertz CT molecular complexity index is 417. The van der Waals surface area contributed by atoms with Crippen molar-refractivity contribution in [3.63, 3.8) is 0 Å². The van der Waals surface area contributed by atoms with Gasteiger partial charge in [-0.3, -0.25) is 4.79 Å². The molecule has 0 N–H and O–H groups in total. The lowest BCUT2D eigenvalue weighted by molar-refractivity contribution is -0.114. The van der Waals surface area contributed by atoms with Gasteiger partial charge in [0, 0.05) is 12.3 Å². The van der Waals surface area contributed by atoms with E-state index in [0.29, 0.717) is 18.1 Å². The summed E-state index contributed by atoms with van der Waals surface area (Å²) in [5.74, 6) is 0.681. The molecule has 106 valence electrons. The summed E-state index contributed by atoms with van der Waals surface area (Å²) in [4.78, 5) is 12.0. The highest BCUT2D eigenvalue weighted by Crippen LogP contribution is 2.36. The van der Waals surface area contributed by atoms with E-state index in [-0.39, 0.29) is 0 Å². The molecule has 1 fully saturated rings. The molecule has 0 aromatic rings. The second-order valence-electron chi connectivity index (χ2n) is 6.96. The zero-order valence-electron chi connectivity index (χ0n) is 13.2. The molecular weight excluding hydrogens is 248 g/mol. The van der Waals surface area contributed by atoms with Gasteiger partial charge in [-0.15, -0.1) is 0 Å². The van der Waals surface area contributed by atoms with Crippen LogP contribution in [0.25, 0.3) is 0 Å². The van der Waals surface area contributed by atoms with Gasteiger partial charge in [-0.1, -0.05) is 49.1 Å². The van der Waals surface area contributed by atoms with E-state index in [0.717, 1.165) is 24.8 Å². The second kappa shape index (κ2) is 6.51. The third-order valence-corrected chi connectivity index (χ3v) is 4.63. The molecule has 1 nitrogen and oxygen atoms in total. The predicted molar refractivity (Wildman–Crippen MR) is 87.0 cm³/mol. The molecule has 0 aromatic carbocycles. The fourth-order valence-corrected chi connectivity index (χ4v) is 3.86. The van der Waals surface area contributed by atoms with E-state index in [4.69, 9.17) is 0 Å². The molecule has 2 heteroatoms. The average Bonchev–Trinajstić information content (AvgIpc) is 2.57. The molecule has 19 heavy (non-hydrogen) atoms. The highest BCUT2D eigenvalue weighted by Gasteiger charge is 2.31. The zero-order chi connectivity index (χ0) is 14.6. The van der Waals surface area contributed by atoms with Crippen LogP contribution >= 0.6 is 0 Å². The highest BCUT2D eigenvalue weighted by molar-refractivity contribution is 6.81. The summed E-state index contributed by atoms with van der Waals surface area (Å²) in [5, 5.41) is 0. The molecule has 1 aliphatic rings. The first kappa shape index (κ1) is 16.2. The van der Waals surface area contributed by atoms with Crippen LogP contribution in [0.2, 0.25) is 19.6 Å². The smallest absolute Gasteiger partial charge is 0.158 e. The molecular formula is C17H28OSi. The van der Waals surface area contributed by atoms with Crippen molar-refractivity contribution >= 4 is 13.9 Å². The van der Waals surface area contributed by atoms with Crippen molar-refractivity contribution in [1.82, 2.24) is 0 Å². The SMILES string of the molecule is C=C(CCC=C(C)C)C1CCC(=O)/C1=C\[Si](C)(C)C. The fourth-order valence-electron chi connectivity index (χ4n) is 2.56. The van der Waals surface area contributed by atoms with Crippen LogP contribution in [0.5, 0.6) is 0 Å². The minimum atomic E-state index is -1.34. The lowest BCUT2D eigenvalue weighted by Gasteiger charge is -2.18. The third-order valence-electron chi connectivity index (χ3n) is 3.46. The van der Waals surface area contributed by atoms with Gasteiger partial charge in [0.2, 0.25) is 0 Å². The maximum atomic E-state index is 12.0. The topological polar surface area (TPSA) is 17.1 Å². The van der Waals surface area contributed by atoms with Gasteiger partial charge in [0.05, 0.1) is 8.07 Å². The van der Waals surface area contributed by atoms with E-state index < -0.39 is 8.07 Å². The second-order valence-corrected chi connectivity index (χ2v) is 12.0. The summed E-state index contributed by atoms with van der Waals surface area (Å²) in [7, 11) is -1.34. The van der Waals surface area contributed by atoms with Crippen LogP contribution in [-0.2, 0) is 4.79 Å². The molecule has 0 heterocycles. The first-order valence-electron chi connectivity index (χ1n) is 7.27. The van der Waals surface area contributed by atoms with Crippen LogP contribution in [0.15, 0.2) is 35.1 Å². The summed E-state index contributed by atoms with van der Waals surface area (Å²) < 4.78 is 0. The highest BCUT2D eigenvalue weighted by atomic mass is 28.3. The van der Waals surface area contributed by atoms with Gasteiger partial charge in [0.25, 0.3) is 0 Å². The van der Waals surface area contributed by atoms with Gasteiger partial charge < -0.3 is 0 Å². The summed E-state index contributed by atoms with van der Waals surface area (Å²) in [6.07, 6.45) is 5.99.